The third-order valence-electron chi connectivity index (χ3n) is 1.92. The van der Waals surface area contributed by atoms with Crippen LogP contribution in [0.15, 0.2) is 18.2 Å². The Labute approximate surface area is 88.8 Å². The number of rotatable bonds is 4. The van der Waals surface area contributed by atoms with Gasteiger partial charge in [0, 0.05) is 17.2 Å². The van der Waals surface area contributed by atoms with E-state index in [1.807, 2.05) is 13.0 Å². The van der Waals surface area contributed by atoms with Gasteiger partial charge in [-0.2, -0.15) is 0 Å². The maximum Gasteiger partial charge on any atom is 0.159 e. The van der Waals surface area contributed by atoms with E-state index in [4.69, 9.17) is 16.3 Å². The minimum atomic E-state index is 0.0230. The van der Waals surface area contributed by atoms with Crippen LogP contribution in [0.1, 0.15) is 29.8 Å². The zero-order valence-corrected chi connectivity index (χ0v) is 9.10. The van der Waals surface area contributed by atoms with Crippen molar-refractivity contribution in [1.29, 1.82) is 0 Å². The molecule has 0 saturated heterocycles. The lowest BCUT2D eigenvalue weighted by Crippen LogP contribution is -1.96. The molecule has 3 heteroatoms. The quantitative estimate of drug-likeness (QED) is 0.717. The first-order valence-corrected chi connectivity index (χ1v) is 4.90. The Bertz CT molecular complexity index is 334. The first-order chi connectivity index (χ1) is 6.65. The molecule has 0 radical (unpaired) electrons. The van der Waals surface area contributed by atoms with Crippen LogP contribution in [0.4, 0.5) is 0 Å². The van der Waals surface area contributed by atoms with Crippen LogP contribution in [0.2, 0.25) is 5.02 Å². The fraction of sp³-hybridized carbons (Fsp3) is 0.364. The third kappa shape index (κ3) is 2.82. The Balaban J connectivity index is 2.84. The second kappa shape index (κ2) is 5.13. The molecule has 0 atom stereocenters. The highest BCUT2D eigenvalue weighted by molar-refractivity contribution is 6.31. The molecule has 0 bridgehead atoms. The Kier molecular flexibility index (Phi) is 4.11. The first-order valence-electron chi connectivity index (χ1n) is 4.52. The van der Waals surface area contributed by atoms with Crippen LogP contribution in [-0.2, 0) is 11.3 Å². The maximum absolute atomic E-state index is 11.0. The number of benzene rings is 1. The third-order valence-corrected chi connectivity index (χ3v) is 2.27. The van der Waals surface area contributed by atoms with E-state index < -0.39 is 0 Å². The van der Waals surface area contributed by atoms with Crippen molar-refractivity contribution in [2.75, 3.05) is 6.61 Å². The van der Waals surface area contributed by atoms with Crippen molar-refractivity contribution in [3.05, 3.63) is 34.3 Å². The summed E-state index contributed by atoms with van der Waals surface area (Å²) in [6.07, 6.45) is 0. The van der Waals surface area contributed by atoms with Gasteiger partial charge < -0.3 is 4.74 Å². The number of Topliss-reactive ketones (excluding diaryl/α,β-unsaturated/α-hetero) is 1. The molecule has 1 rings (SSSR count). The van der Waals surface area contributed by atoms with E-state index in [1.54, 1.807) is 12.1 Å². The fourth-order valence-electron chi connectivity index (χ4n) is 1.10. The van der Waals surface area contributed by atoms with E-state index >= 15 is 0 Å². The van der Waals surface area contributed by atoms with E-state index in [9.17, 15) is 4.79 Å². The van der Waals surface area contributed by atoms with Gasteiger partial charge in [0.25, 0.3) is 0 Å². The number of halogens is 1. The molecule has 1 aromatic rings. The molecule has 76 valence electrons. The van der Waals surface area contributed by atoms with Crippen molar-refractivity contribution in [2.24, 2.45) is 0 Å². The summed E-state index contributed by atoms with van der Waals surface area (Å²) in [7, 11) is 0. The minimum absolute atomic E-state index is 0.0230. The van der Waals surface area contributed by atoms with Gasteiger partial charge in [0.1, 0.15) is 0 Å². The van der Waals surface area contributed by atoms with Crippen LogP contribution in [0.5, 0.6) is 0 Å². The zero-order chi connectivity index (χ0) is 10.6. The maximum atomic E-state index is 11.0. The average Bonchev–Trinajstić information content (AvgIpc) is 2.15. The van der Waals surface area contributed by atoms with Gasteiger partial charge in [-0.05, 0) is 25.5 Å². The predicted molar refractivity (Wildman–Crippen MR) is 56.8 cm³/mol. The molecule has 0 unspecified atom stereocenters. The normalized spacial score (nSPS) is 10.2. The van der Waals surface area contributed by atoms with Crippen molar-refractivity contribution < 1.29 is 9.53 Å². The highest BCUT2D eigenvalue weighted by atomic mass is 35.5. The smallest absolute Gasteiger partial charge is 0.159 e. The molecule has 0 aromatic heterocycles. The van der Waals surface area contributed by atoms with E-state index in [0.717, 1.165) is 5.56 Å². The number of hydrogen-bond donors (Lipinski definition) is 0. The predicted octanol–water partition coefficient (Wildman–Crippen LogP) is 3.08. The highest BCUT2D eigenvalue weighted by Gasteiger charge is 2.04. The minimum Gasteiger partial charge on any atom is -0.377 e. The molecule has 0 fully saturated rings. The van der Waals surface area contributed by atoms with E-state index in [1.165, 1.54) is 6.92 Å². The summed E-state index contributed by atoms with van der Waals surface area (Å²) < 4.78 is 5.23. The van der Waals surface area contributed by atoms with Gasteiger partial charge >= 0.3 is 0 Å². The van der Waals surface area contributed by atoms with Gasteiger partial charge in [-0.1, -0.05) is 23.7 Å². The topological polar surface area (TPSA) is 26.3 Å². The Hall–Kier alpha value is -0.860. The van der Waals surface area contributed by atoms with E-state index in [0.29, 0.717) is 23.8 Å². The lowest BCUT2D eigenvalue weighted by Gasteiger charge is -2.05. The molecule has 0 saturated carbocycles. The molecule has 0 heterocycles. The number of carbonyl (C=O) groups excluding carboxylic acids is 1. The van der Waals surface area contributed by atoms with E-state index in [2.05, 4.69) is 0 Å². The molecule has 0 aliphatic heterocycles. The molecule has 0 amide bonds. The lowest BCUT2D eigenvalue weighted by molar-refractivity contribution is 0.101. The second-order valence-corrected chi connectivity index (χ2v) is 3.41. The molecular formula is C11H13ClO2. The fourth-order valence-corrected chi connectivity index (χ4v) is 1.33. The van der Waals surface area contributed by atoms with Gasteiger partial charge in [-0.3, -0.25) is 4.79 Å². The molecular weight excluding hydrogens is 200 g/mol. The van der Waals surface area contributed by atoms with Crippen LogP contribution < -0.4 is 0 Å². The summed E-state index contributed by atoms with van der Waals surface area (Å²) in [5, 5.41) is 0.589. The summed E-state index contributed by atoms with van der Waals surface area (Å²) in [5.41, 5.74) is 1.55. The Morgan fingerprint density at radius 1 is 1.50 bits per heavy atom. The monoisotopic (exact) mass is 212 g/mol. The van der Waals surface area contributed by atoms with Gasteiger partial charge in [0.2, 0.25) is 0 Å². The lowest BCUT2D eigenvalue weighted by atomic mass is 10.1. The first kappa shape index (κ1) is 11.2. The van der Waals surface area contributed by atoms with Crippen molar-refractivity contribution >= 4 is 17.4 Å². The van der Waals surface area contributed by atoms with Crippen LogP contribution >= 0.6 is 11.6 Å². The molecule has 0 spiro atoms. The average molecular weight is 213 g/mol. The van der Waals surface area contributed by atoms with Crippen molar-refractivity contribution in [3.63, 3.8) is 0 Å². The zero-order valence-electron chi connectivity index (χ0n) is 8.34. The van der Waals surface area contributed by atoms with Crippen molar-refractivity contribution in [2.45, 2.75) is 20.5 Å². The molecule has 0 aliphatic carbocycles. The van der Waals surface area contributed by atoms with Gasteiger partial charge in [0.05, 0.1) is 6.61 Å². The largest absolute Gasteiger partial charge is 0.377 e. The highest BCUT2D eigenvalue weighted by Crippen LogP contribution is 2.19. The standard InChI is InChI=1S/C11H13ClO2/c1-3-14-7-10-5-4-9(8(2)13)6-11(10)12/h4-6H,3,7H2,1-2H3. The number of ether oxygens (including phenoxy) is 1. The Morgan fingerprint density at radius 3 is 2.71 bits per heavy atom. The van der Waals surface area contributed by atoms with Crippen molar-refractivity contribution in [3.8, 4) is 0 Å². The summed E-state index contributed by atoms with van der Waals surface area (Å²) in [6, 6.07) is 5.27. The molecule has 0 N–H and O–H groups in total. The number of hydrogen-bond acceptors (Lipinski definition) is 2. The van der Waals surface area contributed by atoms with Crippen LogP contribution in [0.3, 0.4) is 0 Å². The van der Waals surface area contributed by atoms with E-state index in [-0.39, 0.29) is 5.78 Å². The molecule has 0 aliphatic rings. The van der Waals surface area contributed by atoms with Gasteiger partial charge in [-0.15, -0.1) is 0 Å². The van der Waals surface area contributed by atoms with Gasteiger partial charge in [-0.25, -0.2) is 0 Å². The summed E-state index contributed by atoms with van der Waals surface area (Å²) >= 11 is 5.98. The molecule has 2 nitrogen and oxygen atoms in total. The molecule has 1 aromatic carbocycles. The number of carbonyl (C=O) groups is 1. The van der Waals surface area contributed by atoms with Crippen LogP contribution in [-0.4, -0.2) is 12.4 Å². The Morgan fingerprint density at radius 2 is 2.21 bits per heavy atom. The summed E-state index contributed by atoms with van der Waals surface area (Å²) in [5.74, 6) is 0.0230. The van der Waals surface area contributed by atoms with Crippen LogP contribution in [0, 0.1) is 0 Å². The van der Waals surface area contributed by atoms with Gasteiger partial charge in [0.15, 0.2) is 5.78 Å². The summed E-state index contributed by atoms with van der Waals surface area (Å²) in [6.45, 7) is 4.60. The van der Waals surface area contributed by atoms with Crippen molar-refractivity contribution in [1.82, 2.24) is 0 Å². The second-order valence-electron chi connectivity index (χ2n) is 3.00. The number of ketones is 1. The van der Waals surface area contributed by atoms with Crippen LogP contribution in [0.25, 0.3) is 0 Å². The SMILES string of the molecule is CCOCc1ccc(C(C)=O)cc1Cl. The molecule has 14 heavy (non-hydrogen) atoms. The summed E-state index contributed by atoms with van der Waals surface area (Å²) in [4.78, 5) is 11.0.